The number of benzene rings is 1. The van der Waals surface area contributed by atoms with E-state index in [2.05, 4.69) is 75.3 Å². The molecule has 3 aromatic rings. The highest BCUT2D eigenvalue weighted by Gasteiger charge is 2.51. The van der Waals surface area contributed by atoms with Crippen molar-refractivity contribution in [3.63, 3.8) is 0 Å². The SMILES string of the molecule is COc1ccc(C23CCC(CN(C(=O)C4CCC(OC(=O)N5CCC(N(C)C)C5)CC4)c4cc(-c5cnn(C(C)C)c5)ccn4)(CC2)CC3)cc1C. The van der Waals surface area contributed by atoms with Crippen molar-refractivity contribution >= 4 is 17.8 Å². The molecule has 2 aromatic heterocycles. The zero-order valence-corrected chi connectivity index (χ0v) is 32.1. The van der Waals surface area contributed by atoms with Gasteiger partial charge in [-0.05, 0) is 151 Å². The fourth-order valence-corrected chi connectivity index (χ4v) is 9.46. The van der Waals surface area contributed by atoms with Gasteiger partial charge < -0.3 is 19.3 Å². The number of likely N-dealkylation sites (tertiary alicyclic amines) is 1. The molecule has 1 aliphatic heterocycles. The van der Waals surface area contributed by atoms with Gasteiger partial charge >= 0.3 is 6.09 Å². The van der Waals surface area contributed by atoms with Crippen molar-refractivity contribution in [3.8, 4) is 16.9 Å². The number of carbonyl (C=O) groups is 2. The molecule has 10 heteroatoms. The van der Waals surface area contributed by atoms with Crippen LogP contribution in [0.1, 0.15) is 102 Å². The average Bonchev–Trinajstić information content (AvgIpc) is 3.87. The molecule has 1 atom stereocenters. The van der Waals surface area contributed by atoms with Crippen molar-refractivity contribution in [1.82, 2.24) is 24.6 Å². The predicted octanol–water partition coefficient (Wildman–Crippen LogP) is 7.80. The Labute approximate surface area is 309 Å². The molecule has 8 rings (SSSR count). The van der Waals surface area contributed by atoms with Crippen LogP contribution in [0.25, 0.3) is 11.1 Å². The molecule has 0 N–H and O–H groups in total. The standard InChI is InChI=1S/C42H58N6O4/c1-29(2)48-26-33(25-44-48)32-13-21-43-38(24-32)47(28-41-15-18-42(19-16-41,20-17-41)34-9-12-37(51-6)30(3)23-34)39(49)31-7-10-36(11-8-31)52-40(50)46-22-14-35(27-46)45(4)5/h9,12-13,21,23-26,29,31,35-36H,7-8,10-11,14-20,22,27-28H2,1-6H3. The monoisotopic (exact) mass is 710 g/mol. The summed E-state index contributed by atoms with van der Waals surface area (Å²) in [7, 11) is 5.86. The third-order valence-corrected chi connectivity index (χ3v) is 13.1. The Morgan fingerprint density at radius 3 is 2.31 bits per heavy atom. The van der Waals surface area contributed by atoms with Crippen LogP contribution in [0.4, 0.5) is 10.6 Å². The Hall–Kier alpha value is -3.92. The number of methoxy groups -OCH3 is 1. The highest BCUT2D eigenvalue weighted by atomic mass is 16.6. The zero-order chi connectivity index (χ0) is 36.6. The molecule has 3 heterocycles. The minimum absolute atomic E-state index is 0.0615. The quantitative estimate of drug-likeness (QED) is 0.212. The number of amides is 2. The minimum atomic E-state index is -0.211. The van der Waals surface area contributed by atoms with E-state index in [-0.39, 0.29) is 40.9 Å². The van der Waals surface area contributed by atoms with Crippen LogP contribution < -0.4 is 9.64 Å². The first-order valence-electron chi connectivity index (χ1n) is 19.6. The van der Waals surface area contributed by atoms with Gasteiger partial charge in [0.25, 0.3) is 0 Å². The van der Waals surface area contributed by atoms with Gasteiger partial charge in [-0.3, -0.25) is 14.4 Å². The second kappa shape index (κ2) is 14.8. The van der Waals surface area contributed by atoms with Crippen molar-refractivity contribution in [2.75, 3.05) is 45.7 Å². The van der Waals surface area contributed by atoms with E-state index in [9.17, 15) is 9.59 Å². The van der Waals surface area contributed by atoms with Crippen LogP contribution in [0.15, 0.2) is 48.9 Å². The third kappa shape index (κ3) is 7.32. The normalized spacial score (nSPS) is 27.3. The van der Waals surface area contributed by atoms with Crippen molar-refractivity contribution in [2.45, 2.75) is 115 Å². The average molecular weight is 711 g/mol. The summed E-state index contributed by atoms with van der Waals surface area (Å²) in [5.74, 6) is 1.70. The second-order valence-electron chi connectivity index (χ2n) is 16.8. The fraction of sp³-hybridized carbons (Fsp3) is 0.619. The number of hydrogen-bond donors (Lipinski definition) is 0. The molecule has 0 radical (unpaired) electrons. The molecule has 2 bridgehead atoms. The van der Waals surface area contributed by atoms with Crippen molar-refractivity contribution < 1.29 is 19.1 Å². The first-order valence-corrected chi connectivity index (χ1v) is 19.6. The molecule has 5 aliphatic rings. The van der Waals surface area contributed by atoms with E-state index in [0.29, 0.717) is 44.8 Å². The first kappa shape index (κ1) is 36.4. The van der Waals surface area contributed by atoms with Crippen molar-refractivity contribution in [2.24, 2.45) is 11.3 Å². The van der Waals surface area contributed by atoms with Gasteiger partial charge in [-0.1, -0.05) is 12.1 Å². The molecule has 4 aliphatic carbocycles. The maximum atomic E-state index is 14.7. The van der Waals surface area contributed by atoms with E-state index in [0.717, 1.165) is 74.2 Å². The summed E-state index contributed by atoms with van der Waals surface area (Å²) in [5, 5.41) is 4.58. The lowest BCUT2D eigenvalue weighted by molar-refractivity contribution is -0.124. The van der Waals surface area contributed by atoms with Gasteiger partial charge in [0.2, 0.25) is 5.91 Å². The number of anilines is 1. The van der Waals surface area contributed by atoms with Crippen LogP contribution in [-0.2, 0) is 14.9 Å². The number of carbonyl (C=O) groups excluding carboxylic acids is 2. The van der Waals surface area contributed by atoms with E-state index >= 15 is 0 Å². The molecular formula is C42H58N6O4. The number of nitrogens with zero attached hydrogens (tertiary/aromatic N) is 6. The predicted molar refractivity (Wildman–Crippen MR) is 204 cm³/mol. The topological polar surface area (TPSA) is 93.0 Å². The lowest BCUT2D eigenvalue weighted by Gasteiger charge is -2.55. The molecular weight excluding hydrogens is 652 g/mol. The van der Waals surface area contributed by atoms with E-state index < -0.39 is 0 Å². The number of pyridine rings is 1. The summed E-state index contributed by atoms with van der Waals surface area (Å²) in [4.78, 5) is 38.7. The maximum absolute atomic E-state index is 14.7. The van der Waals surface area contributed by atoms with Gasteiger partial charge in [0.15, 0.2) is 0 Å². The lowest BCUT2D eigenvalue weighted by Crippen LogP contribution is -2.52. The zero-order valence-electron chi connectivity index (χ0n) is 32.1. The molecule has 1 aromatic carbocycles. The summed E-state index contributed by atoms with van der Waals surface area (Å²) in [5.41, 5.74) is 4.92. The number of aryl methyl sites for hydroxylation is 1. The van der Waals surface area contributed by atoms with Crippen LogP contribution in [0.5, 0.6) is 5.75 Å². The van der Waals surface area contributed by atoms with Crippen LogP contribution in [-0.4, -0.2) is 89.5 Å². The van der Waals surface area contributed by atoms with Crippen molar-refractivity contribution in [1.29, 1.82) is 0 Å². The molecule has 280 valence electrons. The Morgan fingerprint density at radius 1 is 0.962 bits per heavy atom. The van der Waals surface area contributed by atoms with E-state index in [1.54, 1.807) is 7.11 Å². The molecule has 2 amide bonds. The molecule has 0 spiro atoms. The molecule has 10 nitrogen and oxygen atoms in total. The van der Waals surface area contributed by atoms with E-state index in [4.69, 9.17) is 14.5 Å². The van der Waals surface area contributed by atoms with E-state index in [1.807, 2.05) is 32.9 Å². The van der Waals surface area contributed by atoms with Gasteiger partial charge in [-0.2, -0.15) is 5.10 Å². The molecule has 52 heavy (non-hydrogen) atoms. The Morgan fingerprint density at radius 2 is 1.69 bits per heavy atom. The number of likely N-dealkylation sites (N-methyl/N-ethyl adjacent to an activating group) is 1. The molecule has 1 saturated heterocycles. The summed E-state index contributed by atoms with van der Waals surface area (Å²) in [6, 6.07) is 11.5. The number of rotatable bonds is 10. The number of fused-ring (bicyclic) bond motifs is 3. The van der Waals surface area contributed by atoms with E-state index in [1.165, 1.54) is 11.1 Å². The Balaban J connectivity index is 1.07. The van der Waals surface area contributed by atoms with Gasteiger partial charge in [-0.15, -0.1) is 0 Å². The highest BCUT2D eigenvalue weighted by Crippen LogP contribution is 2.58. The number of ether oxygens (including phenoxy) is 2. The maximum Gasteiger partial charge on any atom is 0.410 e. The highest BCUT2D eigenvalue weighted by molar-refractivity contribution is 5.95. The smallest absolute Gasteiger partial charge is 0.410 e. The lowest BCUT2D eigenvalue weighted by atomic mass is 9.51. The second-order valence-corrected chi connectivity index (χ2v) is 16.8. The summed E-state index contributed by atoms with van der Waals surface area (Å²) >= 11 is 0. The fourth-order valence-electron chi connectivity index (χ4n) is 9.46. The minimum Gasteiger partial charge on any atom is -0.496 e. The summed E-state index contributed by atoms with van der Waals surface area (Å²) in [6.07, 6.45) is 15.9. The van der Waals surface area contributed by atoms with Crippen LogP contribution >= 0.6 is 0 Å². The Kier molecular flexibility index (Phi) is 10.4. The largest absolute Gasteiger partial charge is 0.496 e. The summed E-state index contributed by atoms with van der Waals surface area (Å²) in [6.45, 7) is 8.51. The first-order chi connectivity index (χ1) is 25.0. The number of hydrogen-bond acceptors (Lipinski definition) is 7. The van der Waals surface area contributed by atoms with Crippen LogP contribution in [0.2, 0.25) is 0 Å². The number of aromatic nitrogens is 3. The summed E-state index contributed by atoms with van der Waals surface area (Å²) < 4.78 is 13.5. The Bertz CT molecular complexity index is 1720. The third-order valence-electron chi connectivity index (χ3n) is 13.1. The van der Waals surface area contributed by atoms with Gasteiger partial charge in [0.1, 0.15) is 17.7 Å². The molecule has 1 unspecified atom stereocenters. The van der Waals surface area contributed by atoms with Crippen LogP contribution in [0.3, 0.4) is 0 Å². The van der Waals surface area contributed by atoms with Crippen LogP contribution in [0, 0.1) is 18.3 Å². The van der Waals surface area contributed by atoms with Crippen molar-refractivity contribution in [3.05, 3.63) is 60.0 Å². The van der Waals surface area contributed by atoms with Gasteiger partial charge in [0, 0.05) is 55.6 Å². The molecule has 5 fully saturated rings. The molecule has 4 saturated carbocycles. The van der Waals surface area contributed by atoms with Gasteiger partial charge in [-0.25, -0.2) is 9.78 Å². The van der Waals surface area contributed by atoms with Gasteiger partial charge in [0.05, 0.1) is 13.3 Å².